The predicted octanol–water partition coefficient (Wildman–Crippen LogP) is 8.40. The number of ether oxygens (including phenoxy) is 2. The van der Waals surface area contributed by atoms with Gasteiger partial charge in [-0.25, -0.2) is 18.1 Å². The number of rotatable bonds is 15. The summed E-state index contributed by atoms with van der Waals surface area (Å²) in [7, 11) is -4.58. The number of aliphatic hydroxyl groups is 1. The number of aliphatic hydroxyl groups excluding tert-OH is 1. The molecule has 3 aliphatic heterocycles. The molecule has 0 unspecified atom stereocenters. The molecule has 338 valence electrons. The number of β-amino-alcohol motifs (C(OH)–C–C–N with tert-alkyl or cyclic N) is 1. The van der Waals surface area contributed by atoms with Crippen LogP contribution in [0.4, 0.5) is 17.1 Å². The van der Waals surface area contributed by atoms with Gasteiger partial charge in [-0.2, -0.15) is 0 Å². The number of aromatic nitrogens is 2. The van der Waals surface area contributed by atoms with E-state index in [1.807, 2.05) is 18.2 Å². The van der Waals surface area contributed by atoms with Gasteiger partial charge in [0.05, 0.1) is 34.2 Å². The number of fused-ring (bicyclic) bond motifs is 1. The highest BCUT2D eigenvalue weighted by Gasteiger charge is 2.31. The molecule has 0 aliphatic carbocycles. The van der Waals surface area contributed by atoms with Crippen molar-refractivity contribution in [1.29, 1.82) is 0 Å². The van der Waals surface area contributed by atoms with Gasteiger partial charge in [-0.05, 0) is 134 Å². The molecule has 16 heteroatoms. The second kappa shape index (κ2) is 19.4. The fraction of sp³-hybridized carbons (Fsp3) is 0.347. The monoisotopic (exact) mass is 899 g/mol. The van der Waals surface area contributed by atoms with Crippen molar-refractivity contribution in [3.05, 3.63) is 136 Å². The van der Waals surface area contributed by atoms with Crippen molar-refractivity contribution in [2.24, 2.45) is 5.92 Å². The summed E-state index contributed by atoms with van der Waals surface area (Å²) in [4.78, 5) is 37.3. The van der Waals surface area contributed by atoms with Crippen molar-refractivity contribution in [3.63, 3.8) is 0 Å². The van der Waals surface area contributed by atoms with Crippen LogP contribution in [0.15, 0.2) is 114 Å². The molecule has 3 fully saturated rings. The number of anilines is 2. The average Bonchev–Trinajstić information content (AvgIpc) is 4.02. The predicted molar refractivity (Wildman–Crippen MR) is 249 cm³/mol. The van der Waals surface area contributed by atoms with E-state index in [9.17, 15) is 28.4 Å². The lowest BCUT2D eigenvalue weighted by Gasteiger charge is -2.35. The lowest BCUT2D eigenvalue weighted by Crippen LogP contribution is -2.35. The summed E-state index contributed by atoms with van der Waals surface area (Å²) in [5, 5.41) is 25.4. The zero-order valence-electron chi connectivity index (χ0n) is 36.0. The third kappa shape index (κ3) is 9.85. The van der Waals surface area contributed by atoms with E-state index < -0.39 is 31.4 Å². The number of amides is 1. The number of hydrogen-bond acceptors (Lipinski definition) is 12. The Hall–Kier alpha value is -6.33. The first-order chi connectivity index (χ1) is 31.6. The van der Waals surface area contributed by atoms with Crippen LogP contribution in [0.1, 0.15) is 72.0 Å². The molecule has 5 heterocycles. The van der Waals surface area contributed by atoms with Crippen molar-refractivity contribution in [2.75, 3.05) is 62.8 Å². The molecular weight excluding hydrogens is 847 g/mol. The highest BCUT2D eigenvalue weighted by molar-refractivity contribution is 7.90. The third-order valence-corrected chi connectivity index (χ3v) is 14.4. The van der Waals surface area contributed by atoms with Crippen molar-refractivity contribution >= 4 is 44.0 Å². The van der Waals surface area contributed by atoms with Gasteiger partial charge in [0.2, 0.25) is 0 Å². The Morgan fingerprint density at radius 2 is 1.68 bits per heavy atom. The maximum absolute atomic E-state index is 14.0. The maximum atomic E-state index is 14.0. The van der Waals surface area contributed by atoms with Crippen LogP contribution in [0.5, 0.6) is 11.5 Å². The van der Waals surface area contributed by atoms with Gasteiger partial charge in [0.25, 0.3) is 21.6 Å². The number of nitro groups is 1. The molecule has 1 atom stereocenters. The Morgan fingerprint density at radius 1 is 0.908 bits per heavy atom. The van der Waals surface area contributed by atoms with Crippen LogP contribution in [0, 0.1) is 16.0 Å². The van der Waals surface area contributed by atoms with E-state index in [0.29, 0.717) is 37.1 Å². The summed E-state index contributed by atoms with van der Waals surface area (Å²) < 4.78 is 41.3. The standard InChI is InChI=1S/C49H53N7O8S/c57-25-24-54-22-16-35(17-23-54)41-4-1-2-5-42(41)45-6-3-21-55(45)38-10-7-34(8-11-38)36-9-13-43(47(29-36)64-39-28-37-15-20-50-48(37)52-32-39)49(58)53-65(61,62)40-12-14-44(46(30-40)56(59)60)51-31-33-18-26-63-27-19-33/h1-2,4-5,7-15,20,28-30,32-33,35,45,51,57H,3,6,16-19,21-27,31H2,(H,50,52)(H,53,58)/t45-/m1/s1. The average molecular weight is 900 g/mol. The van der Waals surface area contributed by atoms with E-state index in [2.05, 4.69) is 66.2 Å². The number of nitrogens with zero attached hydrogens (tertiary/aromatic N) is 4. The lowest BCUT2D eigenvalue weighted by molar-refractivity contribution is -0.384. The highest BCUT2D eigenvalue weighted by Crippen LogP contribution is 2.42. The van der Waals surface area contributed by atoms with Crippen LogP contribution in [0.3, 0.4) is 0 Å². The summed E-state index contributed by atoms with van der Waals surface area (Å²) in [6.45, 7) is 5.54. The number of hydrogen-bond donors (Lipinski definition) is 4. The van der Waals surface area contributed by atoms with Gasteiger partial charge in [0.15, 0.2) is 0 Å². The topological polar surface area (TPSA) is 192 Å². The number of nitro benzene ring substituents is 1. The van der Waals surface area contributed by atoms with Crippen molar-refractivity contribution < 1.29 is 32.7 Å². The molecule has 0 saturated carbocycles. The third-order valence-electron chi connectivity index (χ3n) is 13.0. The van der Waals surface area contributed by atoms with Gasteiger partial charge in [-0.15, -0.1) is 0 Å². The SMILES string of the molecule is O=C(NS(=O)(=O)c1ccc(NCC2CCOCC2)c([N+](=O)[O-])c1)c1ccc(-c2ccc(N3CCC[C@@H]3c3ccccc3C3CCN(CCO)CC3)cc2)cc1Oc1cnc2[nH]ccc2c1. The van der Waals surface area contributed by atoms with E-state index in [4.69, 9.17) is 9.47 Å². The van der Waals surface area contributed by atoms with E-state index in [1.54, 1.807) is 24.4 Å². The van der Waals surface area contributed by atoms with Crippen LogP contribution in [0.25, 0.3) is 22.2 Å². The van der Waals surface area contributed by atoms with Crippen LogP contribution >= 0.6 is 0 Å². The summed E-state index contributed by atoms with van der Waals surface area (Å²) in [5.41, 5.74) is 5.86. The number of benzene rings is 4. The molecule has 0 spiro atoms. The van der Waals surface area contributed by atoms with Crippen LogP contribution in [-0.2, 0) is 14.8 Å². The lowest BCUT2D eigenvalue weighted by atomic mass is 9.84. The summed E-state index contributed by atoms with van der Waals surface area (Å²) >= 11 is 0. The molecule has 4 N–H and O–H groups in total. The number of carbonyl (C=O) groups excluding carboxylic acids is 1. The van der Waals surface area contributed by atoms with E-state index in [1.165, 1.54) is 35.5 Å². The Kier molecular flexibility index (Phi) is 13.1. The molecule has 2 aromatic heterocycles. The van der Waals surface area contributed by atoms with Gasteiger partial charge in [-0.1, -0.05) is 42.5 Å². The first kappa shape index (κ1) is 43.9. The molecule has 3 aliphatic rings. The number of nitrogens with one attached hydrogen (secondary N) is 3. The highest BCUT2D eigenvalue weighted by atomic mass is 32.2. The number of pyridine rings is 1. The second-order valence-corrected chi connectivity index (χ2v) is 18.8. The Morgan fingerprint density at radius 3 is 2.45 bits per heavy atom. The number of sulfonamides is 1. The number of piperidine rings is 1. The van der Waals surface area contributed by atoms with Crippen molar-refractivity contribution in [1.82, 2.24) is 19.6 Å². The molecule has 6 aromatic rings. The zero-order valence-corrected chi connectivity index (χ0v) is 36.8. The van der Waals surface area contributed by atoms with Crippen LogP contribution in [0.2, 0.25) is 0 Å². The minimum Gasteiger partial charge on any atom is -0.455 e. The smallest absolute Gasteiger partial charge is 0.293 e. The quantitative estimate of drug-likeness (QED) is 0.0569. The molecule has 15 nitrogen and oxygen atoms in total. The Labute approximate surface area is 378 Å². The van der Waals surface area contributed by atoms with Gasteiger partial charge in [0, 0.05) is 56.2 Å². The number of likely N-dealkylation sites (tertiary alicyclic amines) is 1. The largest absolute Gasteiger partial charge is 0.455 e. The van der Waals surface area contributed by atoms with Crippen molar-refractivity contribution in [3.8, 4) is 22.6 Å². The molecule has 1 amide bonds. The summed E-state index contributed by atoms with van der Waals surface area (Å²) in [6, 6.07) is 29.5. The number of carbonyl (C=O) groups is 1. The minimum atomic E-state index is -4.58. The maximum Gasteiger partial charge on any atom is 0.293 e. The second-order valence-electron chi connectivity index (χ2n) is 17.1. The number of aromatic amines is 1. The van der Waals surface area contributed by atoms with E-state index in [0.717, 1.165) is 93.0 Å². The molecule has 65 heavy (non-hydrogen) atoms. The normalized spacial score (nSPS) is 17.6. The van der Waals surface area contributed by atoms with Crippen molar-refractivity contribution in [2.45, 2.75) is 55.4 Å². The first-order valence-corrected chi connectivity index (χ1v) is 23.8. The Balaban J connectivity index is 0.960. The van der Waals surface area contributed by atoms with Gasteiger partial charge >= 0.3 is 0 Å². The summed E-state index contributed by atoms with van der Waals surface area (Å²) in [5.74, 6) is 0.197. The molecule has 0 radical (unpaired) electrons. The fourth-order valence-corrected chi connectivity index (χ4v) is 10.5. The van der Waals surface area contributed by atoms with Gasteiger partial charge in [-0.3, -0.25) is 14.9 Å². The zero-order chi connectivity index (χ0) is 44.9. The molecular formula is C49H53N7O8S. The van der Waals surface area contributed by atoms with Gasteiger partial charge < -0.3 is 34.7 Å². The van der Waals surface area contributed by atoms with Gasteiger partial charge in [0.1, 0.15) is 22.8 Å². The molecule has 0 bridgehead atoms. The number of H-pyrrole nitrogens is 1. The Bertz CT molecular complexity index is 2770. The van der Waals surface area contributed by atoms with E-state index >= 15 is 0 Å². The van der Waals surface area contributed by atoms with Crippen LogP contribution < -0.4 is 19.7 Å². The van der Waals surface area contributed by atoms with E-state index in [-0.39, 0.29) is 35.6 Å². The minimum absolute atomic E-state index is 0.0648. The summed E-state index contributed by atoms with van der Waals surface area (Å²) in [6.07, 6.45) is 9.19. The molecule has 4 aromatic carbocycles. The fourth-order valence-electron chi connectivity index (χ4n) is 9.54. The molecule has 3 saturated heterocycles. The van der Waals surface area contributed by atoms with Crippen LogP contribution in [-0.4, -0.2) is 91.8 Å². The molecule has 9 rings (SSSR count). The first-order valence-electron chi connectivity index (χ1n) is 22.3.